The number of nitrogens with one attached hydrogen (secondary N) is 1. The number of ether oxygens (including phenoxy) is 1. The van der Waals surface area contributed by atoms with Gasteiger partial charge >= 0.3 is 0 Å². The molecule has 2 aromatic rings. The number of hydrazine groups is 1. The zero-order chi connectivity index (χ0) is 13.1. The number of hydrogen-bond acceptors (Lipinski definition) is 4. The summed E-state index contributed by atoms with van der Waals surface area (Å²) in [6.45, 7) is 1.85. The standard InChI is InChI=1S/C13H15FN2OS/c1-8-5-9(7-10(14)6-8)12(16-15)13-11(17-2)3-4-18-13/h3-7,12,16H,15H2,1-2H3. The predicted octanol–water partition coefficient (Wildman–Crippen LogP) is 2.76. The Morgan fingerprint density at radius 2 is 2.17 bits per heavy atom. The number of rotatable bonds is 4. The van der Waals surface area contributed by atoms with Gasteiger partial charge in [-0.15, -0.1) is 11.3 Å². The van der Waals surface area contributed by atoms with E-state index in [9.17, 15) is 4.39 Å². The molecule has 1 aromatic carbocycles. The van der Waals surface area contributed by atoms with Crippen molar-refractivity contribution in [3.8, 4) is 5.75 Å². The predicted molar refractivity (Wildman–Crippen MR) is 71.2 cm³/mol. The molecule has 1 unspecified atom stereocenters. The van der Waals surface area contributed by atoms with Crippen LogP contribution in [0.4, 0.5) is 4.39 Å². The number of nitrogens with two attached hydrogens (primary N) is 1. The first-order valence-corrected chi connectivity index (χ1v) is 6.38. The third-order valence-electron chi connectivity index (χ3n) is 2.70. The second kappa shape index (κ2) is 5.48. The lowest BCUT2D eigenvalue weighted by atomic mass is 10.0. The largest absolute Gasteiger partial charge is 0.496 e. The van der Waals surface area contributed by atoms with Crippen LogP contribution in [-0.4, -0.2) is 7.11 Å². The molecule has 0 bridgehead atoms. The Kier molecular flexibility index (Phi) is 3.96. The van der Waals surface area contributed by atoms with Crippen molar-refractivity contribution in [3.63, 3.8) is 0 Å². The molecule has 0 aliphatic carbocycles. The van der Waals surface area contributed by atoms with Gasteiger partial charge in [0.25, 0.3) is 0 Å². The Bertz CT molecular complexity index is 521. The molecule has 0 aliphatic heterocycles. The van der Waals surface area contributed by atoms with Gasteiger partial charge < -0.3 is 4.74 Å². The minimum absolute atomic E-state index is 0.263. The Balaban J connectivity index is 2.45. The van der Waals surface area contributed by atoms with E-state index >= 15 is 0 Å². The first-order chi connectivity index (χ1) is 8.65. The third-order valence-corrected chi connectivity index (χ3v) is 3.67. The second-order valence-corrected chi connectivity index (χ2v) is 4.96. The molecule has 5 heteroatoms. The average Bonchev–Trinajstić information content (AvgIpc) is 2.77. The molecule has 0 radical (unpaired) electrons. The van der Waals surface area contributed by atoms with Crippen molar-refractivity contribution in [2.24, 2.45) is 5.84 Å². The maximum absolute atomic E-state index is 13.5. The van der Waals surface area contributed by atoms with E-state index in [1.807, 2.05) is 24.4 Å². The summed E-state index contributed by atoms with van der Waals surface area (Å²) in [5.41, 5.74) is 4.36. The quantitative estimate of drug-likeness (QED) is 0.661. The summed E-state index contributed by atoms with van der Waals surface area (Å²) in [5, 5.41) is 1.92. The van der Waals surface area contributed by atoms with Crippen LogP contribution in [0.15, 0.2) is 29.6 Å². The van der Waals surface area contributed by atoms with Crippen molar-refractivity contribution >= 4 is 11.3 Å². The van der Waals surface area contributed by atoms with Gasteiger partial charge in [0.15, 0.2) is 0 Å². The number of hydrogen-bond donors (Lipinski definition) is 2. The molecule has 1 aromatic heterocycles. The Morgan fingerprint density at radius 3 is 2.78 bits per heavy atom. The number of aryl methyl sites for hydroxylation is 1. The van der Waals surface area contributed by atoms with Crippen LogP contribution in [0.1, 0.15) is 22.0 Å². The van der Waals surface area contributed by atoms with E-state index in [4.69, 9.17) is 10.6 Å². The van der Waals surface area contributed by atoms with Crippen LogP contribution in [0.3, 0.4) is 0 Å². The molecule has 1 atom stereocenters. The fraction of sp³-hybridized carbons (Fsp3) is 0.231. The van der Waals surface area contributed by atoms with Gasteiger partial charge in [-0.05, 0) is 41.6 Å². The molecule has 0 spiro atoms. The van der Waals surface area contributed by atoms with Crippen molar-refractivity contribution < 1.29 is 9.13 Å². The summed E-state index contributed by atoms with van der Waals surface area (Å²) < 4.78 is 18.7. The monoisotopic (exact) mass is 266 g/mol. The lowest BCUT2D eigenvalue weighted by molar-refractivity contribution is 0.407. The number of benzene rings is 1. The molecule has 3 nitrogen and oxygen atoms in total. The third kappa shape index (κ3) is 2.53. The van der Waals surface area contributed by atoms with E-state index in [2.05, 4.69) is 5.43 Å². The molecule has 0 saturated heterocycles. The summed E-state index contributed by atoms with van der Waals surface area (Å²) in [6.07, 6.45) is 0. The molecule has 3 N–H and O–H groups in total. The molecule has 0 amide bonds. The Morgan fingerprint density at radius 1 is 1.39 bits per heavy atom. The van der Waals surface area contributed by atoms with E-state index in [1.165, 1.54) is 23.5 Å². The molecule has 0 fully saturated rings. The van der Waals surface area contributed by atoms with Gasteiger partial charge in [0.1, 0.15) is 11.6 Å². The van der Waals surface area contributed by atoms with E-state index in [-0.39, 0.29) is 11.9 Å². The maximum atomic E-state index is 13.5. The second-order valence-electron chi connectivity index (χ2n) is 4.01. The topological polar surface area (TPSA) is 47.3 Å². The average molecular weight is 266 g/mol. The van der Waals surface area contributed by atoms with Crippen molar-refractivity contribution in [2.75, 3.05) is 7.11 Å². The zero-order valence-electron chi connectivity index (χ0n) is 10.2. The van der Waals surface area contributed by atoms with Crippen LogP contribution in [0.2, 0.25) is 0 Å². The lowest BCUT2D eigenvalue weighted by Gasteiger charge is -2.17. The highest BCUT2D eigenvalue weighted by atomic mass is 32.1. The van der Waals surface area contributed by atoms with E-state index in [1.54, 1.807) is 7.11 Å². The summed E-state index contributed by atoms with van der Waals surface area (Å²) in [7, 11) is 1.61. The molecule has 1 heterocycles. The van der Waals surface area contributed by atoms with E-state index < -0.39 is 0 Å². The minimum atomic E-state index is -0.269. The van der Waals surface area contributed by atoms with Crippen LogP contribution >= 0.6 is 11.3 Å². The maximum Gasteiger partial charge on any atom is 0.134 e. The summed E-state index contributed by atoms with van der Waals surface area (Å²) in [5.74, 6) is 6.09. The van der Waals surface area contributed by atoms with Crippen molar-refractivity contribution in [1.82, 2.24) is 5.43 Å². The van der Waals surface area contributed by atoms with Crippen molar-refractivity contribution in [3.05, 3.63) is 51.5 Å². The van der Waals surface area contributed by atoms with Crippen LogP contribution in [-0.2, 0) is 0 Å². The molecule has 0 saturated carbocycles. The normalized spacial score (nSPS) is 12.4. The van der Waals surface area contributed by atoms with Crippen molar-refractivity contribution in [2.45, 2.75) is 13.0 Å². The van der Waals surface area contributed by atoms with Crippen LogP contribution in [0, 0.1) is 12.7 Å². The zero-order valence-corrected chi connectivity index (χ0v) is 11.1. The summed E-state index contributed by atoms with van der Waals surface area (Å²) in [4.78, 5) is 0.935. The van der Waals surface area contributed by atoms with Gasteiger partial charge in [-0.3, -0.25) is 5.84 Å². The van der Waals surface area contributed by atoms with E-state index in [0.717, 1.165) is 21.8 Å². The SMILES string of the molecule is COc1ccsc1C(NN)c1cc(C)cc(F)c1. The van der Waals surface area contributed by atoms with Gasteiger partial charge in [-0.1, -0.05) is 6.07 Å². The smallest absolute Gasteiger partial charge is 0.134 e. The molecule has 18 heavy (non-hydrogen) atoms. The van der Waals surface area contributed by atoms with Crippen molar-refractivity contribution in [1.29, 1.82) is 0 Å². The molecule has 2 rings (SSSR count). The Labute approximate surface area is 109 Å². The molecular formula is C13H15FN2OS. The minimum Gasteiger partial charge on any atom is -0.496 e. The summed E-state index contributed by atoms with van der Waals surface area (Å²) >= 11 is 1.52. The van der Waals surface area contributed by atoms with Gasteiger partial charge in [0.2, 0.25) is 0 Å². The number of halogens is 1. The first-order valence-electron chi connectivity index (χ1n) is 5.50. The highest BCUT2D eigenvalue weighted by Gasteiger charge is 2.19. The summed E-state index contributed by atoms with van der Waals surface area (Å²) in [6, 6.07) is 6.48. The fourth-order valence-electron chi connectivity index (χ4n) is 1.94. The van der Waals surface area contributed by atoms with Crippen LogP contribution in [0.25, 0.3) is 0 Å². The molecule has 96 valence electrons. The first kappa shape index (κ1) is 13.0. The highest BCUT2D eigenvalue weighted by molar-refractivity contribution is 7.10. The van der Waals surface area contributed by atoms with E-state index in [0.29, 0.717) is 0 Å². The Hall–Kier alpha value is -1.43. The van der Waals surface area contributed by atoms with Gasteiger partial charge in [0.05, 0.1) is 18.0 Å². The highest BCUT2D eigenvalue weighted by Crippen LogP contribution is 2.34. The van der Waals surface area contributed by atoms with Gasteiger partial charge in [-0.2, -0.15) is 0 Å². The number of thiophene rings is 1. The van der Waals surface area contributed by atoms with Gasteiger partial charge in [-0.25, -0.2) is 9.82 Å². The fourth-order valence-corrected chi connectivity index (χ4v) is 2.89. The lowest BCUT2D eigenvalue weighted by Crippen LogP contribution is -2.28. The molecular weight excluding hydrogens is 251 g/mol. The van der Waals surface area contributed by atoms with Gasteiger partial charge in [0, 0.05) is 0 Å². The number of methoxy groups -OCH3 is 1. The molecule has 0 aliphatic rings. The van der Waals surface area contributed by atoms with Crippen LogP contribution < -0.4 is 16.0 Å². The van der Waals surface area contributed by atoms with Crippen LogP contribution in [0.5, 0.6) is 5.75 Å².